The van der Waals surface area contributed by atoms with Gasteiger partial charge in [-0.1, -0.05) is 36.4 Å². The second-order valence-electron chi connectivity index (χ2n) is 6.36. The molecular formula is C22H21N3O. The van der Waals surface area contributed by atoms with E-state index in [9.17, 15) is 0 Å². The standard InChI is InChI=1S/C22H21N3O/c1-15-9-10-17(13-21(15)26-3)24-22-18-14-20(16-7-5-4-6-8-16)25(2)19(18)11-12-23-22/h4-14H,1-3H3,(H,23,24). The molecule has 0 fully saturated rings. The fourth-order valence-corrected chi connectivity index (χ4v) is 3.28. The van der Waals surface area contributed by atoms with Crippen LogP contribution in [0.2, 0.25) is 0 Å². The summed E-state index contributed by atoms with van der Waals surface area (Å²) in [5.74, 6) is 1.70. The summed E-state index contributed by atoms with van der Waals surface area (Å²) in [5.41, 5.74) is 5.56. The Bertz CT molecular complexity index is 1070. The number of pyridine rings is 1. The van der Waals surface area contributed by atoms with Gasteiger partial charge in [0.1, 0.15) is 11.6 Å². The van der Waals surface area contributed by atoms with Crippen molar-refractivity contribution in [1.82, 2.24) is 9.55 Å². The van der Waals surface area contributed by atoms with Gasteiger partial charge in [-0.05, 0) is 36.2 Å². The number of rotatable bonds is 4. The lowest BCUT2D eigenvalue weighted by Gasteiger charge is -2.10. The molecule has 4 heteroatoms. The van der Waals surface area contributed by atoms with E-state index in [0.717, 1.165) is 39.4 Å². The largest absolute Gasteiger partial charge is 0.496 e. The quantitative estimate of drug-likeness (QED) is 0.546. The van der Waals surface area contributed by atoms with Crippen molar-refractivity contribution in [3.05, 3.63) is 72.4 Å². The first-order chi connectivity index (χ1) is 12.7. The summed E-state index contributed by atoms with van der Waals surface area (Å²) in [6, 6.07) is 20.7. The van der Waals surface area contributed by atoms with Gasteiger partial charge in [-0.3, -0.25) is 0 Å². The van der Waals surface area contributed by atoms with Gasteiger partial charge >= 0.3 is 0 Å². The number of nitrogens with zero attached hydrogens (tertiary/aromatic N) is 2. The number of aromatic nitrogens is 2. The molecule has 26 heavy (non-hydrogen) atoms. The summed E-state index contributed by atoms with van der Waals surface area (Å²) < 4.78 is 7.63. The smallest absolute Gasteiger partial charge is 0.139 e. The zero-order valence-electron chi connectivity index (χ0n) is 15.2. The van der Waals surface area contributed by atoms with Gasteiger partial charge in [0.05, 0.1) is 12.6 Å². The van der Waals surface area contributed by atoms with E-state index in [-0.39, 0.29) is 0 Å². The third kappa shape index (κ3) is 2.80. The van der Waals surface area contributed by atoms with Crippen LogP contribution in [0.25, 0.3) is 22.2 Å². The number of methoxy groups -OCH3 is 1. The molecule has 0 radical (unpaired) electrons. The SMILES string of the molecule is COc1cc(Nc2nccc3c2cc(-c2ccccc2)n3C)ccc1C. The van der Waals surface area contributed by atoms with Crippen molar-refractivity contribution in [2.24, 2.45) is 7.05 Å². The maximum absolute atomic E-state index is 5.43. The Labute approximate surface area is 153 Å². The maximum Gasteiger partial charge on any atom is 0.139 e. The van der Waals surface area contributed by atoms with Gasteiger partial charge in [0.2, 0.25) is 0 Å². The van der Waals surface area contributed by atoms with Crippen molar-refractivity contribution >= 4 is 22.4 Å². The number of aryl methyl sites for hydroxylation is 2. The van der Waals surface area contributed by atoms with Gasteiger partial charge in [-0.2, -0.15) is 0 Å². The number of fused-ring (bicyclic) bond motifs is 1. The van der Waals surface area contributed by atoms with E-state index in [0.29, 0.717) is 0 Å². The number of hydrogen-bond acceptors (Lipinski definition) is 3. The third-order valence-corrected chi connectivity index (χ3v) is 4.71. The van der Waals surface area contributed by atoms with Crippen molar-refractivity contribution in [1.29, 1.82) is 0 Å². The van der Waals surface area contributed by atoms with Crippen LogP contribution in [0.15, 0.2) is 66.9 Å². The molecule has 4 nitrogen and oxygen atoms in total. The summed E-state index contributed by atoms with van der Waals surface area (Å²) >= 11 is 0. The van der Waals surface area contributed by atoms with Crippen molar-refractivity contribution in [2.75, 3.05) is 12.4 Å². The van der Waals surface area contributed by atoms with Gasteiger partial charge in [0, 0.05) is 36.1 Å². The van der Waals surface area contributed by atoms with Crippen molar-refractivity contribution in [2.45, 2.75) is 6.92 Å². The minimum atomic E-state index is 0.839. The molecule has 0 aliphatic rings. The molecule has 0 saturated heterocycles. The molecule has 2 aromatic carbocycles. The fourth-order valence-electron chi connectivity index (χ4n) is 3.28. The predicted octanol–water partition coefficient (Wildman–Crippen LogP) is 5.30. The second-order valence-corrected chi connectivity index (χ2v) is 6.36. The molecule has 0 unspecified atom stereocenters. The molecule has 0 amide bonds. The lowest BCUT2D eigenvalue weighted by atomic mass is 10.1. The fraction of sp³-hybridized carbons (Fsp3) is 0.136. The molecule has 0 aliphatic heterocycles. The number of ether oxygens (including phenoxy) is 1. The highest BCUT2D eigenvalue weighted by atomic mass is 16.5. The highest BCUT2D eigenvalue weighted by molar-refractivity contribution is 5.96. The van der Waals surface area contributed by atoms with Crippen LogP contribution < -0.4 is 10.1 Å². The molecule has 0 bridgehead atoms. The van der Waals surface area contributed by atoms with E-state index in [1.807, 2.05) is 43.5 Å². The topological polar surface area (TPSA) is 39.1 Å². The van der Waals surface area contributed by atoms with Gasteiger partial charge < -0.3 is 14.6 Å². The summed E-state index contributed by atoms with van der Waals surface area (Å²) in [4.78, 5) is 4.56. The van der Waals surface area contributed by atoms with Crippen LogP contribution in [-0.2, 0) is 7.05 Å². The first-order valence-electron chi connectivity index (χ1n) is 8.59. The summed E-state index contributed by atoms with van der Waals surface area (Å²) in [7, 11) is 3.78. The molecule has 130 valence electrons. The molecule has 4 rings (SSSR count). The Morgan fingerprint density at radius 3 is 2.58 bits per heavy atom. The van der Waals surface area contributed by atoms with Gasteiger partial charge in [0.15, 0.2) is 0 Å². The molecule has 0 saturated carbocycles. The maximum atomic E-state index is 5.43. The second kappa shape index (κ2) is 6.56. The van der Waals surface area contributed by atoms with E-state index in [1.165, 1.54) is 5.56 Å². The Balaban J connectivity index is 1.79. The normalized spacial score (nSPS) is 10.9. The van der Waals surface area contributed by atoms with Crippen LogP contribution in [0.4, 0.5) is 11.5 Å². The summed E-state index contributed by atoms with van der Waals surface area (Å²) in [5, 5.41) is 4.53. The lowest BCUT2D eigenvalue weighted by molar-refractivity contribution is 0.412. The molecule has 4 aromatic rings. The number of nitrogens with one attached hydrogen (secondary N) is 1. The highest BCUT2D eigenvalue weighted by Crippen LogP contribution is 2.32. The average molecular weight is 343 g/mol. The Morgan fingerprint density at radius 1 is 1.00 bits per heavy atom. The van der Waals surface area contributed by atoms with Crippen LogP contribution in [0, 0.1) is 6.92 Å². The van der Waals surface area contributed by atoms with Crippen molar-refractivity contribution in [3.8, 4) is 17.0 Å². The van der Waals surface area contributed by atoms with E-state index >= 15 is 0 Å². The minimum Gasteiger partial charge on any atom is -0.496 e. The van der Waals surface area contributed by atoms with Crippen LogP contribution in [0.5, 0.6) is 5.75 Å². The average Bonchev–Trinajstić information content (AvgIpc) is 3.02. The molecular weight excluding hydrogens is 322 g/mol. The number of benzene rings is 2. The summed E-state index contributed by atoms with van der Waals surface area (Å²) in [6.45, 7) is 2.03. The van der Waals surface area contributed by atoms with E-state index in [1.54, 1.807) is 7.11 Å². The van der Waals surface area contributed by atoms with Gasteiger partial charge in [-0.25, -0.2) is 4.98 Å². The molecule has 2 aromatic heterocycles. The first kappa shape index (κ1) is 16.2. The van der Waals surface area contributed by atoms with Crippen molar-refractivity contribution < 1.29 is 4.74 Å². The van der Waals surface area contributed by atoms with Gasteiger partial charge in [0.25, 0.3) is 0 Å². The number of hydrogen-bond donors (Lipinski definition) is 1. The Kier molecular flexibility index (Phi) is 4.09. The third-order valence-electron chi connectivity index (χ3n) is 4.71. The molecule has 0 spiro atoms. The first-order valence-corrected chi connectivity index (χ1v) is 8.59. The van der Waals surface area contributed by atoms with E-state index < -0.39 is 0 Å². The van der Waals surface area contributed by atoms with Crippen LogP contribution in [0.3, 0.4) is 0 Å². The monoisotopic (exact) mass is 343 g/mol. The van der Waals surface area contributed by atoms with Crippen molar-refractivity contribution in [3.63, 3.8) is 0 Å². The minimum absolute atomic E-state index is 0.839. The number of anilines is 2. The van der Waals surface area contributed by atoms with Gasteiger partial charge in [-0.15, -0.1) is 0 Å². The summed E-state index contributed by atoms with van der Waals surface area (Å²) in [6.07, 6.45) is 1.84. The zero-order chi connectivity index (χ0) is 18.1. The molecule has 0 aliphatic carbocycles. The Hall–Kier alpha value is -3.27. The molecule has 0 atom stereocenters. The molecule has 2 heterocycles. The van der Waals surface area contributed by atoms with Crippen LogP contribution in [0.1, 0.15) is 5.56 Å². The van der Waals surface area contributed by atoms with E-state index in [2.05, 4.69) is 52.2 Å². The van der Waals surface area contributed by atoms with Crippen LogP contribution >= 0.6 is 0 Å². The zero-order valence-corrected chi connectivity index (χ0v) is 15.2. The lowest BCUT2D eigenvalue weighted by Crippen LogP contribution is -1.96. The molecule has 1 N–H and O–H groups in total. The van der Waals surface area contributed by atoms with E-state index in [4.69, 9.17) is 4.74 Å². The van der Waals surface area contributed by atoms with Crippen LogP contribution in [-0.4, -0.2) is 16.7 Å². The predicted molar refractivity (Wildman–Crippen MR) is 107 cm³/mol. The highest BCUT2D eigenvalue weighted by Gasteiger charge is 2.12. The Morgan fingerprint density at radius 2 is 1.81 bits per heavy atom.